The normalized spacial score (nSPS) is 11.6. The molecule has 2 rings (SSSR count). The number of nitrogens with one attached hydrogen (secondary N) is 1. The zero-order chi connectivity index (χ0) is 14.9. The van der Waals surface area contributed by atoms with Gasteiger partial charge in [-0.3, -0.25) is 4.72 Å². The summed E-state index contributed by atoms with van der Waals surface area (Å²) >= 11 is 5.74. The Balaban J connectivity index is 2.37. The maximum atomic E-state index is 12.2. The van der Waals surface area contributed by atoms with Gasteiger partial charge in [0.25, 0.3) is 10.0 Å². The van der Waals surface area contributed by atoms with Gasteiger partial charge in [-0.05, 0) is 35.7 Å². The van der Waals surface area contributed by atoms with Crippen LogP contribution >= 0.6 is 11.6 Å². The number of benzene rings is 1. The van der Waals surface area contributed by atoms with E-state index in [9.17, 15) is 8.42 Å². The zero-order valence-electron chi connectivity index (χ0n) is 11.0. The van der Waals surface area contributed by atoms with E-state index in [1.807, 2.05) is 0 Å². The second kappa shape index (κ2) is 5.43. The predicted molar refractivity (Wildman–Crippen MR) is 76.1 cm³/mol. The van der Waals surface area contributed by atoms with E-state index in [4.69, 9.17) is 16.7 Å². The Bertz CT molecular complexity index is 721. The van der Waals surface area contributed by atoms with Crippen molar-refractivity contribution in [2.75, 3.05) is 4.72 Å². The van der Waals surface area contributed by atoms with E-state index in [1.54, 1.807) is 32.2 Å². The van der Waals surface area contributed by atoms with Gasteiger partial charge < -0.3 is 9.67 Å². The minimum Gasteiger partial charge on any atom is -0.392 e. The number of imidazole rings is 1. The summed E-state index contributed by atoms with van der Waals surface area (Å²) in [4.78, 5) is 3.78. The smallest absolute Gasteiger partial charge is 0.281 e. The predicted octanol–water partition coefficient (Wildman–Crippen LogP) is 1.68. The van der Waals surface area contributed by atoms with Gasteiger partial charge >= 0.3 is 0 Å². The highest BCUT2D eigenvalue weighted by atomic mass is 35.5. The molecular formula is C12H14ClN3O3S. The molecule has 0 bridgehead atoms. The van der Waals surface area contributed by atoms with E-state index in [0.717, 1.165) is 5.56 Å². The lowest BCUT2D eigenvalue weighted by Gasteiger charge is -2.10. The first-order valence-corrected chi connectivity index (χ1v) is 7.61. The number of aliphatic hydroxyl groups is 1. The first-order valence-electron chi connectivity index (χ1n) is 5.75. The molecule has 0 spiro atoms. The third-order valence-electron chi connectivity index (χ3n) is 2.80. The second-order valence-electron chi connectivity index (χ2n) is 4.37. The molecule has 0 atom stereocenters. The highest BCUT2D eigenvalue weighted by molar-refractivity contribution is 7.92. The molecular weight excluding hydrogens is 302 g/mol. The molecule has 0 amide bonds. The number of sulfonamides is 1. The van der Waals surface area contributed by atoms with Crippen LogP contribution in [-0.4, -0.2) is 23.1 Å². The molecule has 0 aliphatic rings. The highest BCUT2D eigenvalue weighted by Gasteiger charge is 2.20. The Labute approximate surface area is 122 Å². The molecule has 2 N–H and O–H groups in total. The van der Waals surface area contributed by atoms with Crippen LogP contribution in [-0.2, 0) is 23.7 Å². The molecule has 0 radical (unpaired) electrons. The highest BCUT2D eigenvalue weighted by Crippen LogP contribution is 2.21. The number of rotatable bonds is 4. The summed E-state index contributed by atoms with van der Waals surface area (Å²) in [5.41, 5.74) is 1.76. The van der Waals surface area contributed by atoms with E-state index in [1.165, 1.54) is 10.8 Å². The maximum absolute atomic E-state index is 12.2. The quantitative estimate of drug-likeness (QED) is 0.899. The molecule has 8 heteroatoms. The van der Waals surface area contributed by atoms with Gasteiger partial charge in [-0.1, -0.05) is 12.1 Å². The van der Waals surface area contributed by atoms with Crippen molar-refractivity contribution in [1.29, 1.82) is 0 Å². The molecule has 0 saturated carbocycles. The Kier molecular flexibility index (Phi) is 4.03. The van der Waals surface area contributed by atoms with Crippen LogP contribution in [0, 0.1) is 6.92 Å². The molecule has 1 heterocycles. The number of halogens is 1. The van der Waals surface area contributed by atoms with E-state index in [2.05, 4.69) is 9.71 Å². The monoisotopic (exact) mass is 315 g/mol. The summed E-state index contributed by atoms with van der Waals surface area (Å²) in [7, 11) is -2.21. The summed E-state index contributed by atoms with van der Waals surface area (Å²) in [6, 6.07) is 5.04. The van der Waals surface area contributed by atoms with Crippen LogP contribution < -0.4 is 4.72 Å². The van der Waals surface area contributed by atoms with Crippen LogP contribution in [0.2, 0.25) is 5.28 Å². The summed E-state index contributed by atoms with van der Waals surface area (Å²) in [5, 5.41) is 9.03. The summed E-state index contributed by atoms with van der Waals surface area (Å²) in [6.07, 6.45) is 1.33. The van der Waals surface area contributed by atoms with Crippen LogP contribution in [0.25, 0.3) is 0 Å². The molecule has 108 valence electrons. The molecule has 0 unspecified atom stereocenters. The summed E-state index contributed by atoms with van der Waals surface area (Å²) < 4.78 is 28.3. The fourth-order valence-electron chi connectivity index (χ4n) is 1.62. The minimum atomic E-state index is -3.81. The lowest BCUT2D eigenvalue weighted by atomic mass is 10.1. The standard InChI is InChI=1S/C12H14ClN3O3S/c1-8-3-4-9(7-17)5-10(8)15-20(18,19)11-6-16(2)12(13)14-11/h3-6,15,17H,7H2,1-2H3. The Morgan fingerprint density at radius 2 is 2.15 bits per heavy atom. The summed E-state index contributed by atoms with van der Waals surface area (Å²) in [6.45, 7) is 1.61. The van der Waals surface area contributed by atoms with Gasteiger partial charge in [0.05, 0.1) is 12.3 Å². The molecule has 0 aliphatic heterocycles. The third-order valence-corrected chi connectivity index (χ3v) is 4.39. The van der Waals surface area contributed by atoms with Crippen LogP contribution in [0.3, 0.4) is 0 Å². The topological polar surface area (TPSA) is 84.2 Å². The fraction of sp³-hybridized carbons (Fsp3) is 0.250. The molecule has 20 heavy (non-hydrogen) atoms. The van der Waals surface area contributed by atoms with Crippen molar-refractivity contribution in [1.82, 2.24) is 9.55 Å². The van der Waals surface area contributed by atoms with Gasteiger partial charge in [-0.15, -0.1) is 0 Å². The van der Waals surface area contributed by atoms with E-state index in [0.29, 0.717) is 11.3 Å². The summed E-state index contributed by atoms with van der Waals surface area (Å²) in [5.74, 6) is 0. The fourth-order valence-corrected chi connectivity index (χ4v) is 2.93. The van der Waals surface area contributed by atoms with Gasteiger partial charge in [0, 0.05) is 13.2 Å². The molecule has 0 fully saturated rings. The number of nitrogens with zero attached hydrogens (tertiary/aromatic N) is 2. The molecule has 0 aliphatic carbocycles. The Hall–Kier alpha value is -1.57. The molecule has 6 nitrogen and oxygen atoms in total. The average molecular weight is 316 g/mol. The van der Waals surface area contributed by atoms with E-state index < -0.39 is 10.0 Å². The third kappa shape index (κ3) is 2.95. The maximum Gasteiger partial charge on any atom is 0.281 e. The van der Waals surface area contributed by atoms with Crippen LogP contribution in [0.1, 0.15) is 11.1 Å². The van der Waals surface area contributed by atoms with Crippen molar-refractivity contribution >= 4 is 27.3 Å². The van der Waals surface area contributed by atoms with Crippen molar-refractivity contribution < 1.29 is 13.5 Å². The molecule has 1 aromatic carbocycles. The van der Waals surface area contributed by atoms with Crippen LogP contribution in [0.4, 0.5) is 5.69 Å². The lowest BCUT2D eigenvalue weighted by Crippen LogP contribution is -2.14. The first kappa shape index (κ1) is 14.8. The van der Waals surface area contributed by atoms with Crippen molar-refractivity contribution in [2.45, 2.75) is 18.6 Å². The minimum absolute atomic E-state index is 0.0891. The average Bonchev–Trinajstić information content (AvgIpc) is 2.73. The van der Waals surface area contributed by atoms with Gasteiger partial charge in [-0.2, -0.15) is 8.42 Å². The second-order valence-corrected chi connectivity index (χ2v) is 6.34. The van der Waals surface area contributed by atoms with Gasteiger partial charge in [0.2, 0.25) is 5.28 Å². The van der Waals surface area contributed by atoms with Crippen molar-refractivity contribution in [3.63, 3.8) is 0 Å². The number of anilines is 1. The molecule has 1 aromatic heterocycles. The molecule has 2 aromatic rings. The number of aryl methyl sites for hydroxylation is 2. The van der Waals surface area contributed by atoms with Crippen LogP contribution in [0.15, 0.2) is 29.4 Å². The first-order chi connectivity index (χ1) is 9.33. The number of aliphatic hydroxyl groups excluding tert-OH is 1. The van der Waals surface area contributed by atoms with Crippen LogP contribution in [0.5, 0.6) is 0 Å². The number of hydrogen-bond acceptors (Lipinski definition) is 4. The van der Waals surface area contributed by atoms with Crippen molar-refractivity contribution in [3.05, 3.63) is 40.8 Å². The Morgan fingerprint density at radius 1 is 1.45 bits per heavy atom. The van der Waals surface area contributed by atoms with Gasteiger partial charge in [0.15, 0.2) is 5.03 Å². The zero-order valence-corrected chi connectivity index (χ0v) is 12.5. The SMILES string of the molecule is Cc1ccc(CO)cc1NS(=O)(=O)c1cn(C)c(Cl)n1. The van der Waals surface area contributed by atoms with Gasteiger partial charge in [-0.25, -0.2) is 4.98 Å². The molecule has 0 saturated heterocycles. The van der Waals surface area contributed by atoms with Crippen molar-refractivity contribution in [2.24, 2.45) is 7.05 Å². The van der Waals surface area contributed by atoms with Gasteiger partial charge in [0.1, 0.15) is 0 Å². The van der Waals surface area contributed by atoms with E-state index >= 15 is 0 Å². The Morgan fingerprint density at radius 3 is 2.70 bits per heavy atom. The number of aromatic nitrogens is 2. The van der Waals surface area contributed by atoms with Crippen molar-refractivity contribution in [3.8, 4) is 0 Å². The van der Waals surface area contributed by atoms with E-state index in [-0.39, 0.29) is 16.9 Å². The number of hydrogen-bond donors (Lipinski definition) is 2. The lowest BCUT2D eigenvalue weighted by molar-refractivity contribution is 0.282. The largest absolute Gasteiger partial charge is 0.392 e.